The first kappa shape index (κ1) is 21.3. The van der Waals surface area contributed by atoms with Crippen LogP contribution in [0.2, 0.25) is 5.02 Å². The van der Waals surface area contributed by atoms with Gasteiger partial charge in [-0.25, -0.2) is 4.68 Å². The van der Waals surface area contributed by atoms with Crippen LogP contribution in [0.5, 0.6) is 0 Å². The number of nitrogens with zero attached hydrogens (tertiary/aromatic N) is 4. The van der Waals surface area contributed by atoms with E-state index in [1.807, 2.05) is 24.3 Å². The monoisotopic (exact) mass is 441 g/mol. The van der Waals surface area contributed by atoms with E-state index in [-0.39, 0.29) is 19.0 Å². The van der Waals surface area contributed by atoms with E-state index < -0.39 is 6.10 Å². The van der Waals surface area contributed by atoms with Gasteiger partial charge in [0.1, 0.15) is 5.69 Å². The quantitative estimate of drug-likeness (QED) is 0.585. The SMILES string of the molecule is O=C(CNc1cccc(-c2cn(C[C@H](O)c3ccc(Cl)cc3)nn2)c1)N1CCOCC1. The van der Waals surface area contributed by atoms with Gasteiger partial charge < -0.3 is 20.1 Å². The Bertz CT molecular complexity index is 1020. The largest absolute Gasteiger partial charge is 0.386 e. The fraction of sp³-hybridized carbons (Fsp3) is 0.318. The fourth-order valence-electron chi connectivity index (χ4n) is 3.38. The molecule has 9 heteroatoms. The number of nitrogens with one attached hydrogen (secondary N) is 1. The van der Waals surface area contributed by atoms with E-state index in [1.54, 1.807) is 40.0 Å². The van der Waals surface area contributed by atoms with E-state index in [4.69, 9.17) is 16.3 Å². The molecule has 1 aliphatic rings. The predicted molar refractivity (Wildman–Crippen MR) is 118 cm³/mol. The molecule has 1 aromatic heterocycles. The summed E-state index contributed by atoms with van der Waals surface area (Å²) >= 11 is 5.90. The van der Waals surface area contributed by atoms with Crippen LogP contribution < -0.4 is 5.32 Å². The topological polar surface area (TPSA) is 92.5 Å². The van der Waals surface area contributed by atoms with Gasteiger partial charge in [-0.1, -0.05) is 41.1 Å². The minimum Gasteiger partial charge on any atom is -0.386 e. The van der Waals surface area contributed by atoms with E-state index in [0.29, 0.717) is 37.0 Å². The number of benzene rings is 2. The number of aliphatic hydroxyl groups is 1. The number of rotatable bonds is 7. The van der Waals surface area contributed by atoms with Gasteiger partial charge in [0.2, 0.25) is 5.91 Å². The molecule has 4 rings (SSSR count). The maximum Gasteiger partial charge on any atom is 0.242 e. The molecule has 0 radical (unpaired) electrons. The van der Waals surface area contributed by atoms with Crippen molar-refractivity contribution < 1.29 is 14.6 Å². The Morgan fingerprint density at radius 3 is 2.74 bits per heavy atom. The first-order valence-corrected chi connectivity index (χ1v) is 10.5. The molecule has 1 fully saturated rings. The number of aromatic nitrogens is 3. The molecule has 1 atom stereocenters. The molecule has 0 spiro atoms. The van der Waals surface area contributed by atoms with E-state index >= 15 is 0 Å². The molecule has 0 bridgehead atoms. The first-order chi connectivity index (χ1) is 15.1. The van der Waals surface area contributed by atoms with Crippen LogP contribution in [0.3, 0.4) is 0 Å². The third-order valence-electron chi connectivity index (χ3n) is 5.12. The second-order valence-electron chi connectivity index (χ2n) is 7.32. The van der Waals surface area contributed by atoms with Gasteiger partial charge in [-0.05, 0) is 29.8 Å². The van der Waals surface area contributed by atoms with Gasteiger partial charge in [0.25, 0.3) is 0 Å². The van der Waals surface area contributed by atoms with Gasteiger partial charge in [0.05, 0.1) is 38.6 Å². The molecule has 1 aliphatic heterocycles. The van der Waals surface area contributed by atoms with Gasteiger partial charge >= 0.3 is 0 Å². The van der Waals surface area contributed by atoms with Crippen LogP contribution >= 0.6 is 11.6 Å². The first-order valence-electron chi connectivity index (χ1n) is 10.1. The number of aliphatic hydroxyl groups excluding tert-OH is 1. The second kappa shape index (κ2) is 9.91. The molecule has 8 nitrogen and oxygen atoms in total. The van der Waals surface area contributed by atoms with Crippen LogP contribution in [0, 0.1) is 0 Å². The van der Waals surface area contributed by atoms with Crippen molar-refractivity contribution in [2.45, 2.75) is 12.6 Å². The smallest absolute Gasteiger partial charge is 0.242 e. The zero-order valence-electron chi connectivity index (χ0n) is 16.9. The van der Waals surface area contributed by atoms with E-state index in [2.05, 4.69) is 15.6 Å². The molecule has 162 valence electrons. The van der Waals surface area contributed by atoms with E-state index in [1.165, 1.54) is 0 Å². The van der Waals surface area contributed by atoms with Crippen molar-refractivity contribution >= 4 is 23.2 Å². The highest BCUT2D eigenvalue weighted by Crippen LogP contribution is 2.22. The number of amides is 1. The summed E-state index contributed by atoms with van der Waals surface area (Å²) in [5.74, 6) is 0.0517. The van der Waals surface area contributed by atoms with Gasteiger partial charge in [-0.15, -0.1) is 5.10 Å². The van der Waals surface area contributed by atoms with Gasteiger partial charge in [0.15, 0.2) is 0 Å². The molecule has 3 aromatic rings. The Hall–Kier alpha value is -2.94. The Morgan fingerprint density at radius 2 is 1.97 bits per heavy atom. The van der Waals surface area contributed by atoms with Crippen molar-refractivity contribution in [1.29, 1.82) is 0 Å². The van der Waals surface area contributed by atoms with Gasteiger partial charge in [-0.3, -0.25) is 4.79 Å². The Morgan fingerprint density at radius 1 is 1.19 bits per heavy atom. The number of ether oxygens (including phenoxy) is 1. The molecule has 0 aliphatic carbocycles. The summed E-state index contributed by atoms with van der Waals surface area (Å²) in [5.41, 5.74) is 3.15. The number of carbonyl (C=O) groups excluding carboxylic acids is 1. The molecule has 0 saturated carbocycles. The minimum absolute atomic E-state index is 0.0517. The summed E-state index contributed by atoms with van der Waals surface area (Å²) in [7, 11) is 0. The zero-order valence-corrected chi connectivity index (χ0v) is 17.7. The fourth-order valence-corrected chi connectivity index (χ4v) is 3.50. The van der Waals surface area contributed by atoms with Crippen molar-refractivity contribution in [1.82, 2.24) is 19.9 Å². The highest BCUT2D eigenvalue weighted by Gasteiger charge is 2.16. The van der Waals surface area contributed by atoms with Crippen molar-refractivity contribution in [2.24, 2.45) is 0 Å². The summed E-state index contributed by atoms with van der Waals surface area (Å²) in [4.78, 5) is 14.1. The number of anilines is 1. The summed E-state index contributed by atoms with van der Waals surface area (Å²) < 4.78 is 6.89. The minimum atomic E-state index is -0.717. The Balaban J connectivity index is 1.37. The maximum atomic E-state index is 12.3. The molecular weight excluding hydrogens is 418 g/mol. The normalized spacial score (nSPS) is 15.0. The number of hydrogen-bond donors (Lipinski definition) is 2. The van der Waals surface area contributed by atoms with Crippen LogP contribution in [0.25, 0.3) is 11.3 Å². The van der Waals surface area contributed by atoms with Crippen LogP contribution in [-0.2, 0) is 16.1 Å². The molecule has 2 aromatic carbocycles. The lowest BCUT2D eigenvalue weighted by Crippen LogP contribution is -2.43. The number of halogens is 1. The molecule has 1 saturated heterocycles. The molecule has 1 amide bonds. The standard InChI is InChI=1S/C22H24ClN5O3/c23-18-6-4-16(5-7-18)21(29)15-28-14-20(25-26-28)17-2-1-3-19(12-17)24-13-22(30)27-8-10-31-11-9-27/h1-7,12,14,21,24,29H,8-11,13,15H2/t21-/m0/s1. The lowest BCUT2D eigenvalue weighted by molar-refractivity contribution is -0.133. The Kier molecular flexibility index (Phi) is 6.81. The molecule has 2 heterocycles. The van der Waals surface area contributed by atoms with Crippen LogP contribution in [-0.4, -0.2) is 63.8 Å². The predicted octanol–water partition coefficient (Wildman–Crippen LogP) is 2.60. The van der Waals surface area contributed by atoms with Crippen molar-refractivity contribution in [3.63, 3.8) is 0 Å². The number of morpholine rings is 1. The van der Waals surface area contributed by atoms with E-state index in [9.17, 15) is 9.90 Å². The summed E-state index contributed by atoms with van der Waals surface area (Å²) in [6.07, 6.45) is 1.07. The summed E-state index contributed by atoms with van der Waals surface area (Å²) in [5, 5.41) is 22.6. The maximum absolute atomic E-state index is 12.3. The van der Waals surface area contributed by atoms with Crippen LogP contribution in [0.15, 0.2) is 54.7 Å². The van der Waals surface area contributed by atoms with Crippen LogP contribution in [0.4, 0.5) is 5.69 Å². The third kappa shape index (κ3) is 5.61. The van der Waals surface area contributed by atoms with Gasteiger partial charge in [-0.2, -0.15) is 0 Å². The van der Waals surface area contributed by atoms with E-state index in [0.717, 1.165) is 16.8 Å². The lowest BCUT2D eigenvalue weighted by atomic mass is 10.1. The second-order valence-corrected chi connectivity index (χ2v) is 7.76. The summed E-state index contributed by atoms with van der Waals surface area (Å²) in [6.45, 7) is 2.94. The van der Waals surface area contributed by atoms with Crippen molar-refractivity contribution in [3.8, 4) is 11.3 Å². The average Bonchev–Trinajstić information content (AvgIpc) is 3.27. The highest BCUT2D eigenvalue weighted by molar-refractivity contribution is 6.30. The lowest BCUT2D eigenvalue weighted by Gasteiger charge is -2.27. The number of carbonyl (C=O) groups is 1. The number of hydrogen-bond acceptors (Lipinski definition) is 6. The summed E-state index contributed by atoms with van der Waals surface area (Å²) in [6, 6.07) is 14.7. The molecular formula is C22H24ClN5O3. The van der Waals surface area contributed by atoms with Crippen molar-refractivity contribution in [3.05, 3.63) is 65.3 Å². The molecule has 0 unspecified atom stereocenters. The average molecular weight is 442 g/mol. The molecule has 2 N–H and O–H groups in total. The van der Waals surface area contributed by atoms with Gasteiger partial charge in [0, 0.05) is 29.4 Å². The highest BCUT2D eigenvalue weighted by atomic mass is 35.5. The Labute approximate surface area is 185 Å². The van der Waals surface area contributed by atoms with Crippen molar-refractivity contribution in [2.75, 3.05) is 38.2 Å². The molecule has 31 heavy (non-hydrogen) atoms. The third-order valence-corrected chi connectivity index (χ3v) is 5.37. The zero-order chi connectivity index (χ0) is 21.6. The van der Waals surface area contributed by atoms with Crippen LogP contribution in [0.1, 0.15) is 11.7 Å².